The molecule has 0 radical (unpaired) electrons. The Morgan fingerprint density at radius 1 is 1.80 bits per heavy atom. The van der Waals surface area contributed by atoms with Crippen LogP contribution in [0.5, 0.6) is 0 Å². The second-order valence-corrected chi connectivity index (χ2v) is 2.73. The molecule has 0 amide bonds. The number of hydrogen-bond acceptors (Lipinski definition) is 2. The minimum atomic E-state index is 0.587. The molecule has 54 valence electrons. The van der Waals surface area contributed by atoms with E-state index in [1.165, 1.54) is 5.57 Å². The van der Waals surface area contributed by atoms with Gasteiger partial charge in [0.15, 0.2) is 0 Å². The van der Waals surface area contributed by atoms with Crippen LogP contribution in [0, 0.1) is 0 Å². The summed E-state index contributed by atoms with van der Waals surface area (Å²) in [4.78, 5) is 2.14. The van der Waals surface area contributed by atoms with Gasteiger partial charge in [0.1, 0.15) is 0 Å². The molecule has 3 heteroatoms. The molecule has 0 unspecified atom stereocenters. The molecule has 0 bridgehead atoms. The number of rotatable bonds is 2. The zero-order valence-electron chi connectivity index (χ0n) is 6.34. The second kappa shape index (κ2) is 3.66. The van der Waals surface area contributed by atoms with Crippen molar-refractivity contribution in [3.05, 3.63) is 11.6 Å². The Bertz CT molecular complexity index is 156. The first-order valence-electron chi connectivity index (χ1n) is 3.64. The van der Waals surface area contributed by atoms with Gasteiger partial charge in [-0.2, -0.15) is 0 Å². The Morgan fingerprint density at radius 2 is 2.60 bits per heavy atom. The SMILES string of the molecule is CC1=CCN(CB=O)CC1. The monoisotopic (exact) mass is 137 g/mol. The van der Waals surface area contributed by atoms with Gasteiger partial charge in [-0.3, -0.25) is 0 Å². The first-order valence-corrected chi connectivity index (χ1v) is 3.64. The van der Waals surface area contributed by atoms with Crippen molar-refractivity contribution in [1.82, 2.24) is 4.90 Å². The molecular weight excluding hydrogens is 125 g/mol. The third-order valence-corrected chi connectivity index (χ3v) is 1.85. The summed E-state index contributed by atoms with van der Waals surface area (Å²) in [5.74, 6) is 0. The first-order chi connectivity index (χ1) is 4.83. The Balaban J connectivity index is 2.34. The van der Waals surface area contributed by atoms with Crippen LogP contribution in [0.3, 0.4) is 0 Å². The molecule has 0 atom stereocenters. The standard InChI is InChI=1S/C7H12BNO/c1-7-2-4-9(5-3-7)6-8-10/h2H,3-6H2,1H3. The molecule has 1 aliphatic heterocycles. The molecule has 1 rings (SSSR count). The zero-order chi connectivity index (χ0) is 7.40. The van der Waals surface area contributed by atoms with E-state index in [4.69, 9.17) is 0 Å². The second-order valence-electron chi connectivity index (χ2n) is 2.73. The van der Waals surface area contributed by atoms with Gasteiger partial charge in [-0.15, -0.1) is 0 Å². The Hall–Kier alpha value is -0.435. The van der Waals surface area contributed by atoms with Crippen LogP contribution >= 0.6 is 0 Å². The fraction of sp³-hybridized carbons (Fsp3) is 0.714. The topological polar surface area (TPSA) is 20.3 Å². The van der Waals surface area contributed by atoms with Crippen molar-refractivity contribution >= 4 is 7.15 Å². The van der Waals surface area contributed by atoms with E-state index in [2.05, 4.69) is 17.9 Å². The summed E-state index contributed by atoms with van der Waals surface area (Å²) in [6.45, 7) is 4.13. The molecule has 1 heterocycles. The quantitative estimate of drug-likeness (QED) is 0.411. The average molecular weight is 137 g/mol. The molecule has 0 saturated carbocycles. The van der Waals surface area contributed by atoms with E-state index >= 15 is 0 Å². The molecule has 1 aliphatic rings. The fourth-order valence-electron chi connectivity index (χ4n) is 1.08. The maximum atomic E-state index is 10.1. The molecular formula is C7H12BNO. The van der Waals surface area contributed by atoms with E-state index < -0.39 is 0 Å². The predicted molar refractivity (Wildman–Crippen MR) is 41.3 cm³/mol. The summed E-state index contributed by atoms with van der Waals surface area (Å²) >= 11 is 0. The average Bonchev–Trinajstić information content (AvgIpc) is 1.95. The van der Waals surface area contributed by atoms with Gasteiger partial charge in [-0.25, -0.2) is 0 Å². The molecule has 0 saturated heterocycles. The van der Waals surface area contributed by atoms with E-state index in [0.29, 0.717) is 6.44 Å². The third-order valence-electron chi connectivity index (χ3n) is 1.85. The van der Waals surface area contributed by atoms with Crippen molar-refractivity contribution in [2.75, 3.05) is 19.5 Å². The van der Waals surface area contributed by atoms with Crippen LogP contribution in [-0.2, 0) is 4.70 Å². The van der Waals surface area contributed by atoms with Crippen LogP contribution < -0.4 is 0 Å². The molecule has 0 spiro atoms. The van der Waals surface area contributed by atoms with Crippen LogP contribution in [0.15, 0.2) is 11.6 Å². The predicted octanol–water partition coefficient (Wildman–Crippen LogP) is 0.646. The molecule has 0 fully saturated rings. The van der Waals surface area contributed by atoms with Crippen LogP contribution in [0.4, 0.5) is 0 Å². The first kappa shape index (κ1) is 7.67. The Kier molecular flexibility index (Phi) is 2.81. The maximum absolute atomic E-state index is 10.1. The van der Waals surface area contributed by atoms with Crippen molar-refractivity contribution in [3.8, 4) is 0 Å². The van der Waals surface area contributed by atoms with E-state index in [-0.39, 0.29) is 0 Å². The van der Waals surface area contributed by atoms with E-state index in [0.717, 1.165) is 26.7 Å². The minimum absolute atomic E-state index is 0.587. The summed E-state index contributed by atoms with van der Waals surface area (Å²) < 4.78 is 10.1. The summed E-state index contributed by atoms with van der Waals surface area (Å²) in [6, 6.07) is 0. The molecule has 0 aliphatic carbocycles. The molecule has 0 aromatic rings. The van der Waals surface area contributed by atoms with Crippen molar-refractivity contribution in [1.29, 1.82) is 0 Å². The number of nitrogens with zero attached hydrogens (tertiary/aromatic N) is 1. The van der Waals surface area contributed by atoms with Gasteiger partial charge in [0.25, 0.3) is 0 Å². The van der Waals surface area contributed by atoms with Crippen LogP contribution in [0.2, 0.25) is 0 Å². The van der Waals surface area contributed by atoms with Gasteiger partial charge in [-0.05, 0) is 0 Å². The summed E-state index contributed by atoms with van der Waals surface area (Å²) in [5.41, 5.74) is 1.45. The third kappa shape index (κ3) is 2.07. The van der Waals surface area contributed by atoms with Crippen molar-refractivity contribution in [2.45, 2.75) is 13.3 Å². The zero-order valence-corrected chi connectivity index (χ0v) is 6.34. The van der Waals surface area contributed by atoms with Crippen molar-refractivity contribution in [2.24, 2.45) is 0 Å². The summed E-state index contributed by atoms with van der Waals surface area (Å²) in [6.07, 6.45) is 3.89. The molecule has 0 aromatic heterocycles. The van der Waals surface area contributed by atoms with Gasteiger partial charge in [-0.1, -0.05) is 0 Å². The normalized spacial score (nSPS) is 19.9. The van der Waals surface area contributed by atoms with Gasteiger partial charge in [0.05, 0.1) is 0 Å². The van der Waals surface area contributed by atoms with E-state index in [1.54, 1.807) is 0 Å². The Morgan fingerprint density at radius 3 is 3.10 bits per heavy atom. The van der Waals surface area contributed by atoms with Crippen molar-refractivity contribution in [3.63, 3.8) is 0 Å². The van der Waals surface area contributed by atoms with E-state index in [9.17, 15) is 4.70 Å². The van der Waals surface area contributed by atoms with Crippen LogP contribution in [0.1, 0.15) is 13.3 Å². The van der Waals surface area contributed by atoms with Gasteiger partial charge >= 0.3 is 61.3 Å². The van der Waals surface area contributed by atoms with Crippen molar-refractivity contribution < 1.29 is 4.70 Å². The summed E-state index contributed by atoms with van der Waals surface area (Å²) in [7, 11) is 0.967. The summed E-state index contributed by atoms with van der Waals surface area (Å²) in [5, 5.41) is 0. The Labute approximate surface area is 62.2 Å². The molecule has 2 nitrogen and oxygen atoms in total. The van der Waals surface area contributed by atoms with Gasteiger partial charge in [0, 0.05) is 0 Å². The van der Waals surface area contributed by atoms with Crippen LogP contribution in [-0.4, -0.2) is 31.6 Å². The molecule has 10 heavy (non-hydrogen) atoms. The number of hydrogen-bond donors (Lipinski definition) is 0. The van der Waals surface area contributed by atoms with Gasteiger partial charge in [0.2, 0.25) is 0 Å². The van der Waals surface area contributed by atoms with E-state index in [1.807, 2.05) is 0 Å². The fourth-order valence-corrected chi connectivity index (χ4v) is 1.08. The molecule has 0 N–H and O–H groups in total. The van der Waals surface area contributed by atoms with Crippen LogP contribution in [0.25, 0.3) is 0 Å². The van der Waals surface area contributed by atoms with Gasteiger partial charge < -0.3 is 0 Å². The molecule has 0 aromatic carbocycles.